The summed E-state index contributed by atoms with van der Waals surface area (Å²) in [6.45, 7) is 5.48. The molecule has 1 atom stereocenters. The van der Waals surface area contributed by atoms with Crippen molar-refractivity contribution in [3.63, 3.8) is 0 Å². The standard InChI is InChI=1S/C20H19FN6O3S/c1-11-8-16(25-30-11)9-22-18(28)17-12(2)24-19(31-17)26-10-23-27(20(26)29)13(3)14-4-6-15(21)7-5-14/h4-8,10,13H,9H2,1-3H3,(H,22,28). The molecule has 31 heavy (non-hydrogen) atoms. The van der Waals surface area contributed by atoms with Crippen molar-refractivity contribution in [2.75, 3.05) is 0 Å². The Balaban J connectivity index is 1.55. The summed E-state index contributed by atoms with van der Waals surface area (Å²) in [5, 5.41) is 11.1. The molecule has 1 amide bonds. The molecule has 0 spiro atoms. The first-order valence-electron chi connectivity index (χ1n) is 9.43. The summed E-state index contributed by atoms with van der Waals surface area (Å²) in [4.78, 5) is 30.2. The summed E-state index contributed by atoms with van der Waals surface area (Å²) in [7, 11) is 0. The molecular formula is C20H19FN6O3S. The number of rotatable bonds is 6. The molecule has 1 aromatic carbocycles. The predicted octanol–water partition coefficient (Wildman–Crippen LogP) is 2.77. The molecule has 0 saturated heterocycles. The Morgan fingerprint density at radius 1 is 1.29 bits per heavy atom. The van der Waals surface area contributed by atoms with E-state index in [1.165, 1.54) is 27.7 Å². The van der Waals surface area contributed by atoms with E-state index in [1.807, 2.05) is 0 Å². The molecule has 9 nitrogen and oxygen atoms in total. The minimum Gasteiger partial charge on any atom is -0.361 e. The van der Waals surface area contributed by atoms with Crippen LogP contribution in [-0.4, -0.2) is 30.4 Å². The summed E-state index contributed by atoms with van der Waals surface area (Å²) in [5.41, 5.74) is 1.45. The monoisotopic (exact) mass is 442 g/mol. The van der Waals surface area contributed by atoms with Gasteiger partial charge in [-0.3, -0.25) is 4.79 Å². The average Bonchev–Trinajstić information content (AvgIpc) is 3.44. The lowest BCUT2D eigenvalue weighted by atomic mass is 10.1. The Morgan fingerprint density at radius 3 is 2.71 bits per heavy atom. The zero-order chi connectivity index (χ0) is 22.1. The number of amides is 1. The molecule has 1 unspecified atom stereocenters. The molecule has 160 valence electrons. The van der Waals surface area contributed by atoms with E-state index in [0.717, 1.165) is 16.9 Å². The van der Waals surface area contributed by atoms with Gasteiger partial charge in [-0.15, -0.1) is 0 Å². The second-order valence-electron chi connectivity index (χ2n) is 6.98. The van der Waals surface area contributed by atoms with Gasteiger partial charge in [-0.1, -0.05) is 28.6 Å². The molecular weight excluding hydrogens is 423 g/mol. The van der Waals surface area contributed by atoms with Crippen LogP contribution >= 0.6 is 11.3 Å². The van der Waals surface area contributed by atoms with Gasteiger partial charge < -0.3 is 9.84 Å². The maximum Gasteiger partial charge on any atom is 0.352 e. The van der Waals surface area contributed by atoms with Crippen molar-refractivity contribution in [2.45, 2.75) is 33.4 Å². The molecule has 0 aliphatic carbocycles. The Hall–Kier alpha value is -3.60. The fraction of sp³-hybridized carbons (Fsp3) is 0.250. The highest BCUT2D eigenvalue weighted by molar-refractivity contribution is 7.16. The molecule has 4 aromatic rings. The molecule has 3 aromatic heterocycles. The van der Waals surface area contributed by atoms with Crippen molar-refractivity contribution < 1.29 is 13.7 Å². The van der Waals surface area contributed by atoms with E-state index in [-0.39, 0.29) is 18.3 Å². The van der Waals surface area contributed by atoms with E-state index >= 15 is 0 Å². The first-order chi connectivity index (χ1) is 14.8. The maximum absolute atomic E-state index is 13.2. The number of carbonyl (C=O) groups excluding carboxylic acids is 1. The third kappa shape index (κ3) is 4.17. The van der Waals surface area contributed by atoms with Crippen molar-refractivity contribution in [3.05, 3.63) is 80.5 Å². The van der Waals surface area contributed by atoms with Crippen LogP contribution < -0.4 is 11.0 Å². The maximum atomic E-state index is 13.2. The van der Waals surface area contributed by atoms with Crippen LogP contribution in [0.4, 0.5) is 4.39 Å². The van der Waals surface area contributed by atoms with Crippen LogP contribution in [0.2, 0.25) is 0 Å². The van der Waals surface area contributed by atoms with Gasteiger partial charge in [-0.25, -0.2) is 23.4 Å². The smallest absolute Gasteiger partial charge is 0.352 e. The van der Waals surface area contributed by atoms with Crippen molar-refractivity contribution in [3.8, 4) is 5.13 Å². The molecule has 0 fully saturated rings. The predicted molar refractivity (Wildman–Crippen MR) is 111 cm³/mol. The highest BCUT2D eigenvalue weighted by atomic mass is 32.1. The van der Waals surface area contributed by atoms with Gasteiger partial charge >= 0.3 is 5.69 Å². The Kier molecular flexibility index (Phi) is 5.51. The number of aromatic nitrogens is 5. The quantitative estimate of drug-likeness (QED) is 0.492. The first-order valence-corrected chi connectivity index (χ1v) is 10.2. The zero-order valence-electron chi connectivity index (χ0n) is 17.0. The Labute approximate surface area is 180 Å². The van der Waals surface area contributed by atoms with Crippen molar-refractivity contribution in [2.24, 2.45) is 0 Å². The fourth-order valence-corrected chi connectivity index (χ4v) is 3.99. The molecule has 1 N–H and O–H groups in total. The molecule has 11 heteroatoms. The Bertz CT molecular complexity index is 1290. The Morgan fingerprint density at radius 2 is 2.03 bits per heavy atom. The highest BCUT2D eigenvalue weighted by Gasteiger charge is 2.20. The van der Waals surface area contributed by atoms with Crippen LogP contribution in [0.3, 0.4) is 0 Å². The van der Waals surface area contributed by atoms with Gasteiger partial charge in [-0.2, -0.15) is 5.10 Å². The topological polar surface area (TPSA) is 108 Å². The third-order valence-electron chi connectivity index (χ3n) is 4.72. The van der Waals surface area contributed by atoms with Crippen LogP contribution in [-0.2, 0) is 6.54 Å². The largest absolute Gasteiger partial charge is 0.361 e. The van der Waals surface area contributed by atoms with Crippen LogP contribution in [0.25, 0.3) is 5.13 Å². The van der Waals surface area contributed by atoms with E-state index in [9.17, 15) is 14.0 Å². The molecule has 0 radical (unpaired) electrons. The minimum absolute atomic E-state index is 0.218. The molecule has 0 saturated carbocycles. The average molecular weight is 442 g/mol. The first kappa shape index (κ1) is 20.7. The minimum atomic E-state index is -0.407. The van der Waals surface area contributed by atoms with E-state index < -0.39 is 11.7 Å². The van der Waals surface area contributed by atoms with Gasteiger partial charge in [0.05, 0.1) is 18.3 Å². The van der Waals surface area contributed by atoms with Gasteiger partial charge in [0, 0.05) is 6.07 Å². The number of nitrogens with zero attached hydrogens (tertiary/aromatic N) is 5. The van der Waals surface area contributed by atoms with Crippen molar-refractivity contribution >= 4 is 17.2 Å². The van der Waals surface area contributed by atoms with E-state index in [1.54, 1.807) is 39.0 Å². The summed E-state index contributed by atoms with van der Waals surface area (Å²) in [6.07, 6.45) is 1.36. The normalized spacial score (nSPS) is 12.1. The van der Waals surface area contributed by atoms with Gasteiger partial charge in [0.25, 0.3) is 5.91 Å². The SMILES string of the molecule is Cc1cc(CNC(=O)c2sc(-n3cnn(C(C)c4ccc(F)cc4)c3=O)nc2C)no1. The van der Waals surface area contributed by atoms with Crippen molar-refractivity contribution in [1.29, 1.82) is 0 Å². The number of nitrogens with one attached hydrogen (secondary N) is 1. The third-order valence-corrected chi connectivity index (χ3v) is 5.87. The second-order valence-corrected chi connectivity index (χ2v) is 7.96. The summed E-state index contributed by atoms with van der Waals surface area (Å²) < 4.78 is 20.7. The summed E-state index contributed by atoms with van der Waals surface area (Å²) >= 11 is 1.09. The highest BCUT2D eigenvalue weighted by Crippen LogP contribution is 2.21. The second kappa shape index (κ2) is 8.26. The summed E-state index contributed by atoms with van der Waals surface area (Å²) in [6, 6.07) is 7.23. The number of hydrogen-bond acceptors (Lipinski definition) is 7. The number of carbonyl (C=O) groups is 1. The van der Waals surface area contributed by atoms with Crippen LogP contribution in [0.1, 0.15) is 45.3 Å². The number of hydrogen-bond donors (Lipinski definition) is 1. The lowest BCUT2D eigenvalue weighted by Gasteiger charge is -2.10. The van der Waals surface area contributed by atoms with E-state index in [2.05, 4.69) is 20.6 Å². The van der Waals surface area contributed by atoms with Gasteiger partial charge in [0.15, 0.2) is 5.13 Å². The molecule has 0 aliphatic heterocycles. The lowest BCUT2D eigenvalue weighted by Crippen LogP contribution is -2.26. The molecule has 0 bridgehead atoms. The number of benzene rings is 1. The van der Waals surface area contributed by atoms with E-state index in [0.29, 0.717) is 27.2 Å². The fourth-order valence-electron chi connectivity index (χ4n) is 3.04. The van der Waals surface area contributed by atoms with Gasteiger partial charge in [0.1, 0.15) is 28.5 Å². The lowest BCUT2D eigenvalue weighted by molar-refractivity contribution is 0.0953. The molecule has 0 aliphatic rings. The van der Waals surface area contributed by atoms with E-state index in [4.69, 9.17) is 4.52 Å². The summed E-state index contributed by atoms with van der Waals surface area (Å²) in [5.74, 6) is -0.00892. The van der Waals surface area contributed by atoms with Gasteiger partial charge in [-0.05, 0) is 38.5 Å². The molecule has 4 rings (SSSR count). The van der Waals surface area contributed by atoms with Crippen LogP contribution in [0.5, 0.6) is 0 Å². The van der Waals surface area contributed by atoms with Crippen LogP contribution in [0.15, 0.2) is 46.0 Å². The van der Waals surface area contributed by atoms with Crippen molar-refractivity contribution in [1.82, 2.24) is 29.8 Å². The number of aryl methyl sites for hydroxylation is 2. The molecule has 3 heterocycles. The van der Waals surface area contributed by atoms with Gasteiger partial charge in [0.2, 0.25) is 0 Å². The number of halogens is 1. The zero-order valence-corrected chi connectivity index (χ0v) is 17.8. The number of thiazole rings is 1. The van der Waals surface area contributed by atoms with Crippen LogP contribution in [0, 0.1) is 19.7 Å².